The number of aliphatic carboxylic acids is 1. The normalized spacial score (nSPS) is 10.2. The third-order valence-electron chi connectivity index (χ3n) is 3.01. The van der Waals surface area contributed by atoms with Crippen LogP contribution in [0.25, 0.3) is 0 Å². The molecule has 110 valence electrons. The lowest BCUT2D eigenvalue weighted by Gasteiger charge is -2.04. The van der Waals surface area contributed by atoms with Crippen molar-refractivity contribution in [3.63, 3.8) is 0 Å². The molecule has 1 aromatic rings. The molecule has 1 aromatic carbocycles. The summed E-state index contributed by atoms with van der Waals surface area (Å²) in [5.41, 5.74) is 0.995. The first-order valence-corrected chi connectivity index (χ1v) is 7.10. The van der Waals surface area contributed by atoms with E-state index in [1.807, 2.05) is 30.3 Å². The van der Waals surface area contributed by atoms with Crippen molar-refractivity contribution in [1.82, 2.24) is 0 Å². The number of rotatable bonds is 10. The first-order chi connectivity index (χ1) is 9.68. The summed E-state index contributed by atoms with van der Waals surface area (Å²) < 4.78 is 5.17. The molecule has 4 nitrogen and oxygen atoms in total. The molecule has 1 N–H and O–H groups in total. The molecule has 0 aliphatic rings. The average molecular weight is 278 g/mol. The molecule has 0 aromatic heterocycles. The van der Waals surface area contributed by atoms with Crippen LogP contribution in [0.3, 0.4) is 0 Å². The van der Waals surface area contributed by atoms with Crippen LogP contribution >= 0.6 is 0 Å². The number of carboxylic acids is 1. The van der Waals surface area contributed by atoms with Gasteiger partial charge in [0, 0.05) is 12.8 Å². The number of benzene rings is 1. The van der Waals surface area contributed by atoms with Crippen molar-refractivity contribution in [2.75, 3.05) is 0 Å². The topological polar surface area (TPSA) is 63.6 Å². The van der Waals surface area contributed by atoms with E-state index < -0.39 is 5.97 Å². The molecule has 0 aliphatic heterocycles. The number of carboxylic acid groups (broad SMARTS) is 1. The Labute approximate surface area is 119 Å². The molecule has 0 aliphatic carbocycles. The molecule has 1 rings (SSSR count). The highest BCUT2D eigenvalue weighted by Crippen LogP contribution is 2.08. The highest BCUT2D eigenvalue weighted by molar-refractivity contribution is 5.69. The third-order valence-corrected chi connectivity index (χ3v) is 3.01. The van der Waals surface area contributed by atoms with Crippen molar-refractivity contribution in [2.24, 2.45) is 0 Å². The smallest absolute Gasteiger partial charge is 0.306 e. The monoisotopic (exact) mass is 278 g/mol. The van der Waals surface area contributed by atoms with Gasteiger partial charge < -0.3 is 9.84 Å². The van der Waals surface area contributed by atoms with E-state index in [2.05, 4.69) is 0 Å². The summed E-state index contributed by atoms with van der Waals surface area (Å²) in [6, 6.07) is 9.61. The van der Waals surface area contributed by atoms with Gasteiger partial charge in [-0.05, 0) is 18.4 Å². The van der Waals surface area contributed by atoms with Crippen LogP contribution in [-0.2, 0) is 20.9 Å². The van der Waals surface area contributed by atoms with E-state index >= 15 is 0 Å². The second-order valence-electron chi connectivity index (χ2n) is 4.81. The third kappa shape index (κ3) is 8.29. The molecule has 0 amide bonds. The van der Waals surface area contributed by atoms with Crippen LogP contribution in [-0.4, -0.2) is 17.0 Å². The number of unbranched alkanes of at least 4 members (excludes halogenated alkanes) is 4. The van der Waals surface area contributed by atoms with E-state index in [4.69, 9.17) is 9.84 Å². The maximum Gasteiger partial charge on any atom is 0.306 e. The Bertz CT molecular complexity index is 400. The minimum Gasteiger partial charge on any atom is -0.481 e. The van der Waals surface area contributed by atoms with Gasteiger partial charge in [-0.3, -0.25) is 9.59 Å². The number of carbonyl (C=O) groups excluding carboxylic acids is 1. The van der Waals surface area contributed by atoms with E-state index in [1.54, 1.807) is 0 Å². The highest BCUT2D eigenvalue weighted by Gasteiger charge is 2.03. The van der Waals surface area contributed by atoms with Crippen LogP contribution in [0.15, 0.2) is 30.3 Å². The Morgan fingerprint density at radius 2 is 1.50 bits per heavy atom. The maximum atomic E-state index is 11.5. The lowest BCUT2D eigenvalue weighted by molar-refractivity contribution is -0.145. The summed E-state index contributed by atoms with van der Waals surface area (Å²) >= 11 is 0. The van der Waals surface area contributed by atoms with Gasteiger partial charge in [0.2, 0.25) is 0 Å². The fraction of sp³-hybridized carbons (Fsp3) is 0.500. The molecular weight excluding hydrogens is 256 g/mol. The SMILES string of the molecule is O=C(O)CCCCCCCC(=O)OCc1ccccc1. The minimum absolute atomic E-state index is 0.167. The summed E-state index contributed by atoms with van der Waals surface area (Å²) in [5.74, 6) is -0.908. The van der Waals surface area contributed by atoms with E-state index in [1.165, 1.54) is 0 Å². The Morgan fingerprint density at radius 1 is 0.900 bits per heavy atom. The quantitative estimate of drug-likeness (QED) is 0.525. The zero-order chi connectivity index (χ0) is 14.6. The van der Waals surface area contributed by atoms with Gasteiger partial charge in [0.05, 0.1) is 0 Å². The fourth-order valence-corrected chi connectivity index (χ4v) is 1.89. The van der Waals surface area contributed by atoms with Crippen LogP contribution in [0.2, 0.25) is 0 Å². The number of esters is 1. The Kier molecular flexibility index (Phi) is 8.11. The lowest BCUT2D eigenvalue weighted by atomic mass is 10.1. The first kappa shape index (κ1) is 16.2. The van der Waals surface area contributed by atoms with E-state index in [0.29, 0.717) is 19.4 Å². The van der Waals surface area contributed by atoms with Crippen molar-refractivity contribution in [2.45, 2.75) is 51.6 Å². The van der Waals surface area contributed by atoms with Gasteiger partial charge in [-0.15, -0.1) is 0 Å². The van der Waals surface area contributed by atoms with E-state index in [0.717, 1.165) is 31.2 Å². The molecule has 4 heteroatoms. The summed E-state index contributed by atoms with van der Waals surface area (Å²) in [4.78, 5) is 21.8. The molecule has 0 saturated carbocycles. The van der Waals surface area contributed by atoms with Crippen molar-refractivity contribution in [1.29, 1.82) is 0 Å². The van der Waals surface area contributed by atoms with Crippen molar-refractivity contribution in [3.05, 3.63) is 35.9 Å². The molecule has 0 bridgehead atoms. The molecule has 0 spiro atoms. The van der Waals surface area contributed by atoms with Crippen molar-refractivity contribution < 1.29 is 19.4 Å². The standard InChI is InChI=1S/C16H22O4/c17-15(18)11-7-2-1-3-8-12-16(19)20-13-14-9-5-4-6-10-14/h4-6,9-10H,1-3,7-8,11-13H2,(H,17,18). The molecule has 0 atom stereocenters. The van der Waals surface area contributed by atoms with Crippen LogP contribution in [0.4, 0.5) is 0 Å². The van der Waals surface area contributed by atoms with Gasteiger partial charge in [0.1, 0.15) is 6.61 Å². The van der Waals surface area contributed by atoms with Crippen LogP contribution < -0.4 is 0 Å². The predicted octanol–water partition coefficient (Wildman–Crippen LogP) is 3.55. The van der Waals surface area contributed by atoms with E-state index in [9.17, 15) is 9.59 Å². The van der Waals surface area contributed by atoms with Crippen LogP contribution in [0.1, 0.15) is 50.5 Å². The summed E-state index contributed by atoms with van der Waals surface area (Å²) in [7, 11) is 0. The number of hydrogen-bond donors (Lipinski definition) is 1. The van der Waals surface area contributed by atoms with Gasteiger partial charge >= 0.3 is 11.9 Å². The number of carbonyl (C=O) groups is 2. The molecular formula is C16H22O4. The molecule has 0 fully saturated rings. The van der Waals surface area contributed by atoms with Gasteiger partial charge in [-0.1, -0.05) is 49.6 Å². The lowest BCUT2D eigenvalue weighted by Crippen LogP contribution is -2.04. The number of ether oxygens (including phenoxy) is 1. The van der Waals surface area contributed by atoms with E-state index in [-0.39, 0.29) is 12.4 Å². The molecule has 0 saturated heterocycles. The molecule has 20 heavy (non-hydrogen) atoms. The van der Waals surface area contributed by atoms with Crippen molar-refractivity contribution in [3.8, 4) is 0 Å². The van der Waals surface area contributed by atoms with Gasteiger partial charge in [-0.25, -0.2) is 0 Å². The van der Waals surface area contributed by atoms with Crippen LogP contribution in [0.5, 0.6) is 0 Å². The average Bonchev–Trinajstić information content (AvgIpc) is 2.45. The second-order valence-corrected chi connectivity index (χ2v) is 4.81. The zero-order valence-corrected chi connectivity index (χ0v) is 11.7. The molecule has 0 unspecified atom stereocenters. The van der Waals surface area contributed by atoms with Crippen molar-refractivity contribution >= 4 is 11.9 Å². The Hall–Kier alpha value is -1.84. The van der Waals surface area contributed by atoms with Gasteiger partial charge in [-0.2, -0.15) is 0 Å². The summed E-state index contributed by atoms with van der Waals surface area (Å²) in [6.07, 6.45) is 5.02. The molecule has 0 radical (unpaired) electrons. The maximum absolute atomic E-state index is 11.5. The predicted molar refractivity (Wildman–Crippen MR) is 76.2 cm³/mol. The zero-order valence-electron chi connectivity index (χ0n) is 11.7. The second kappa shape index (κ2) is 10.0. The Morgan fingerprint density at radius 3 is 2.15 bits per heavy atom. The minimum atomic E-state index is -0.741. The number of hydrogen-bond acceptors (Lipinski definition) is 3. The summed E-state index contributed by atoms with van der Waals surface area (Å²) in [5, 5.41) is 8.48. The Balaban J connectivity index is 1.96. The highest BCUT2D eigenvalue weighted by atomic mass is 16.5. The first-order valence-electron chi connectivity index (χ1n) is 7.10. The molecule has 0 heterocycles. The largest absolute Gasteiger partial charge is 0.481 e. The summed E-state index contributed by atoms with van der Waals surface area (Å²) in [6.45, 7) is 0.332. The van der Waals surface area contributed by atoms with Crippen LogP contribution in [0, 0.1) is 0 Å². The van der Waals surface area contributed by atoms with Gasteiger partial charge in [0.15, 0.2) is 0 Å². The van der Waals surface area contributed by atoms with Gasteiger partial charge in [0.25, 0.3) is 0 Å². The fourth-order valence-electron chi connectivity index (χ4n) is 1.89.